The number of piperazine rings is 1. The third-order valence-corrected chi connectivity index (χ3v) is 4.05. The molecule has 0 amide bonds. The largest absolute Gasteiger partial charge is 0.314 e. The maximum Gasteiger partial charge on any atom is 0.0110 e. The molecular formula is C13H27N3. The average Bonchev–Trinajstić information content (AvgIpc) is 2.81. The number of hydrogen-bond acceptors (Lipinski definition) is 3. The van der Waals surface area contributed by atoms with Crippen molar-refractivity contribution in [3.05, 3.63) is 0 Å². The van der Waals surface area contributed by atoms with Crippen LogP contribution in [0.25, 0.3) is 0 Å². The maximum absolute atomic E-state index is 3.41. The molecule has 0 bridgehead atoms. The van der Waals surface area contributed by atoms with Gasteiger partial charge in [0.25, 0.3) is 0 Å². The molecule has 16 heavy (non-hydrogen) atoms. The summed E-state index contributed by atoms with van der Waals surface area (Å²) in [6.45, 7) is 8.64. The van der Waals surface area contributed by atoms with Crippen molar-refractivity contribution >= 4 is 0 Å². The molecule has 2 aliphatic rings. The molecule has 3 heteroatoms. The lowest BCUT2D eigenvalue weighted by Gasteiger charge is -2.29. The van der Waals surface area contributed by atoms with Crippen molar-refractivity contribution in [1.29, 1.82) is 0 Å². The minimum atomic E-state index is 0.994. The molecule has 0 atom stereocenters. The Hall–Kier alpha value is -0.120. The molecule has 94 valence electrons. The first-order chi connectivity index (χ1) is 7.84. The molecule has 2 rings (SSSR count). The molecule has 1 saturated carbocycles. The number of likely N-dealkylation sites (N-methyl/N-ethyl adjacent to an activating group) is 1. The van der Waals surface area contributed by atoms with E-state index in [0.29, 0.717) is 0 Å². The predicted octanol–water partition coefficient (Wildman–Crippen LogP) is 1.01. The highest BCUT2D eigenvalue weighted by atomic mass is 15.2. The summed E-state index contributed by atoms with van der Waals surface area (Å²) in [5, 5.41) is 3.41. The molecule has 2 fully saturated rings. The van der Waals surface area contributed by atoms with Gasteiger partial charge in [-0.25, -0.2) is 0 Å². The van der Waals surface area contributed by atoms with Gasteiger partial charge in [0.1, 0.15) is 0 Å². The van der Waals surface area contributed by atoms with E-state index in [-0.39, 0.29) is 0 Å². The standard InChI is InChI=1S/C13H27N3/c1-15(12-13-4-2-3-5-13)10-11-16-8-6-14-7-9-16/h13-14H,2-12H2,1H3. The maximum atomic E-state index is 3.41. The van der Waals surface area contributed by atoms with Gasteiger partial charge in [0.05, 0.1) is 0 Å². The zero-order valence-electron chi connectivity index (χ0n) is 10.7. The van der Waals surface area contributed by atoms with Crippen molar-refractivity contribution in [2.45, 2.75) is 25.7 Å². The second kappa shape index (κ2) is 6.58. The average molecular weight is 225 g/mol. The van der Waals surface area contributed by atoms with Crippen molar-refractivity contribution in [2.75, 3.05) is 52.9 Å². The first-order valence-corrected chi connectivity index (χ1v) is 6.96. The second-order valence-corrected chi connectivity index (χ2v) is 5.50. The lowest BCUT2D eigenvalue weighted by molar-refractivity contribution is 0.193. The van der Waals surface area contributed by atoms with Crippen LogP contribution < -0.4 is 5.32 Å². The molecule has 0 radical (unpaired) electrons. The minimum Gasteiger partial charge on any atom is -0.314 e. The molecule has 0 aromatic heterocycles. The number of rotatable bonds is 5. The first kappa shape index (κ1) is 12.3. The third kappa shape index (κ3) is 4.04. The Labute approximate surface area is 100 Å². The van der Waals surface area contributed by atoms with Gasteiger partial charge < -0.3 is 10.2 Å². The van der Waals surface area contributed by atoms with Crippen molar-refractivity contribution in [1.82, 2.24) is 15.1 Å². The number of nitrogens with zero attached hydrogens (tertiary/aromatic N) is 2. The van der Waals surface area contributed by atoms with E-state index < -0.39 is 0 Å². The van der Waals surface area contributed by atoms with Crippen LogP contribution in [0.1, 0.15) is 25.7 Å². The van der Waals surface area contributed by atoms with Crippen LogP contribution in [0.2, 0.25) is 0 Å². The summed E-state index contributed by atoms with van der Waals surface area (Å²) in [6, 6.07) is 0. The van der Waals surface area contributed by atoms with Crippen LogP contribution in [-0.2, 0) is 0 Å². The van der Waals surface area contributed by atoms with Crippen LogP contribution >= 0.6 is 0 Å². The Morgan fingerprint density at radius 2 is 1.88 bits per heavy atom. The topological polar surface area (TPSA) is 18.5 Å². The van der Waals surface area contributed by atoms with Gasteiger partial charge in [-0.05, 0) is 25.8 Å². The van der Waals surface area contributed by atoms with E-state index in [4.69, 9.17) is 0 Å². The van der Waals surface area contributed by atoms with E-state index in [1.807, 2.05) is 0 Å². The highest BCUT2D eigenvalue weighted by molar-refractivity contribution is 4.72. The molecular weight excluding hydrogens is 198 g/mol. The SMILES string of the molecule is CN(CCN1CCNCC1)CC1CCCC1. The molecule has 0 spiro atoms. The first-order valence-electron chi connectivity index (χ1n) is 6.96. The molecule has 1 aliphatic carbocycles. The van der Waals surface area contributed by atoms with Crippen LogP contribution in [0.15, 0.2) is 0 Å². The fraction of sp³-hybridized carbons (Fsp3) is 1.00. The molecule has 0 aromatic carbocycles. The van der Waals surface area contributed by atoms with Crippen LogP contribution in [0, 0.1) is 5.92 Å². The summed E-state index contributed by atoms with van der Waals surface area (Å²) < 4.78 is 0. The lowest BCUT2D eigenvalue weighted by atomic mass is 10.1. The second-order valence-electron chi connectivity index (χ2n) is 5.50. The Balaban J connectivity index is 1.57. The van der Waals surface area contributed by atoms with Gasteiger partial charge >= 0.3 is 0 Å². The summed E-state index contributed by atoms with van der Waals surface area (Å²) >= 11 is 0. The van der Waals surface area contributed by atoms with E-state index in [1.165, 1.54) is 71.5 Å². The van der Waals surface area contributed by atoms with Crippen LogP contribution in [0.4, 0.5) is 0 Å². The Morgan fingerprint density at radius 3 is 2.56 bits per heavy atom. The summed E-state index contributed by atoms with van der Waals surface area (Å²) in [4.78, 5) is 5.12. The van der Waals surface area contributed by atoms with E-state index in [9.17, 15) is 0 Å². The van der Waals surface area contributed by atoms with E-state index in [2.05, 4.69) is 22.2 Å². The normalized spacial score (nSPS) is 24.4. The van der Waals surface area contributed by atoms with Gasteiger partial charge in [-0.2, -0.15) is 0 Å². The lowest BCUT2D eigenvalue weighted by Crippen LogP contribution is -2.46. The van der Waals surface area contributed by atoms with Gasteiger partial charge in [0.2, 0.25) is 0 Å². The molecule has 1 N–H and O–H groups in total. The highest BCUT2D eigenvalue weighted by Crippen LogP contribution is 2.24. The summed E-state index contributed by atoms with van der Waals surface area (Å²) in [5.74, 6) is 0.994. The van der Waals surface area contributed by atoms with Crippen LogP contribution in [0.3, 0.4) is 0 Å². The predicted molar refractivity (Wildman–Crippen MR) is 68.8 cm³/mol. The molecule has 0 unspecified atom stereocenters. The van der Waals surface area contributed by atoms with Gasteiger partial charge in [-0.15, -0.1) is 0 Å². The summed E-state index contributed by atoms with van der Waals surface area (Å²) in [7, 11) is 2.29. The monoisotopic (exact) mass is 225 g/mol. The fourth-order valence-electron chi connectivity index (χ4n) is 2.97. The smallest absolute Gasteiger partial charge is 0.0110 e. The fourth-order valence-corrected chi connectivity index (χ4v) is 2.97. The molecule has 1 saturated heterocycles. The molecule has 1 heterocycles. The Morgan fingerprint density at radius 1 is 1.19 bits per heavy atom. The zero-order valence-corrected chi connectivity index (χ0v) is 10.7. The highest BCUT2D eigenvalue weighted by Gasteiger charge is 2.17. The van der Waals surface area contributed by atoms with Gasteiger partial charge in [0, 0.05) is 45.8 Å². The van der Waals surface area contributed by atoms with Crippen molar-refractivity contribution < 1.29 is 0 Å². The molecule has 1 aliphatic heterocycles. The van der Waals surface area contributed by atoms with E-state index >= 15 is 0 Å². The third-order valence-electron chi connectivity index (χ3n) is 4.05. The van der Waals surface area contributed by atoms with Crippen molar-refractivity contribution in [3.8, 4) is 0 Å². The van der Waals surface area contributed by atoms with E-state index in [0.717, 1.165) is 5.92 Å². The Bertz CT molecular complexity index is 184. The van der Waals surface area contributed by atoms with Gasteiger partial charge in [-0.1, -0.05) is 12.8 Å². The quantitative estimate of drug-likeness (QED) is 0.753. The van der Waals surface area contributed by atoms with E-state index in [1.54, 1.807) is 0 Å². The number of nitrogens with one attached hydrogen (secondary N) is 1. The van der Waals surface area contributed by atoms with Crippen LogP contribution in [0.5, 0.6) is 0 Å². The van der Waals surface area contributed by atoms with Gasteiger partial charge in [-0.3, -0.25) is 4.90 Å². The van der Waals surface area contributed by atoms with Crippen molar-refractivity contribution in [3.63, 3.8) is 0 Å². The Kier molecular flexibility index (Phi) is 5.07. The number of hydrogen-bond donors (Lipinski definition) is 1. The van der Waals surface area contributed by atoms with Crippen LogP contribution in [-0.4, -0.2) is 62.7 Å². The summed E-state index contributed by atoms with van der Waals surface area (Å²) in [6.07, 6.45) is 5.88. The van der Waals surface area contributed by atoms with Crippen molar-refractivity contribution in [2.24, 2.45) is 5.92 Å². The summed E-state index contributed by atoms with van der Waals surface area (Å²) in [5.41, 5.74) is 0. The molecule has 0 aromatic rings. The minimum absolute atomic E-state index is 0.994. The molecule has 3 nitrogen and oxygen atoms in total. The van der Waals surface area contributed by atoms with Gasteiger partial charge in [0.15, 0.2) is 0 Å². The zero-order chi connectivity index (χ0) is 11.2.